The Hall–Kier alpha value is -0.730. The molecular weight excluding hydrogens is 293 g/mol. The van der Waals surface area contributed by atoms with Gasteiger partial charge in [0, 0.05) is 12.5 Å². The molecule has 1 N–H and O–H groups in total. The molecule has 0 aliphatic heterocycles. The third kappa shape index (κ3) is 3.12. The van der Waals surface area contributed by atoms with E-state index in [2.05, 4.69) is 5.32 Å². The highest BCUT2D eigenvalue weighted by Gasteiger charge is 2.39. The van der Waals surface area contributed by atoms with Gasteiger partial charge in [-0.05, 0) is 55.2 Å². The van der Waals surface area contributed by atoms with Gasteiger partial charge in [-0.2, -0.15) is 0 Å². The molecule has 4 heteroatoms. The molecular formula is C16H19Cl2NO. The number of hydrogen-bond acceptors (Lipinski definition) is 1. The largest absolute Gasteiger partial charge is 0.353 e. The highest BCUT2D eigenvalue weighted by molar-refractivity contribution is 6.42. The monoisotopic (exact) mass is 311 g/mol. The molecule has 1 aromatic rings. The number of nitrogens with one attached hydrogen (secondary N) is 1. The van der Waals surface area contributed by atoms with Crippen LogP contribution in [0.15, 0.2) is 18.2 Å². The molecule has 0 radical (unpaired) electrons. The fourth-order valence-electron chi connectivity index (χ4n) is 3.65. The van der Waals surface area contributed by atoms with Gasteiger partial charge in [0.25, 0.3) is 0 Å². The summed E-state index contributed by atoms with van der Waals surface area (Å²) in [6.45, 7) is 0. The van der Waals surface area contributed by atoms with E-state index >= 15 is 0 Å². The van der Waals surface area contributed by atoms with Crippen molar-refractivity contribution in [1.82, 2.24) is 5.32 Å². The van der Waals surface area contributed by atoms with Crippen LogP contribution in [0.25, 0.3) is 0 Å². The van der Waals surface area contributed by atoms with E-state index in [-0.39, 0.29) is 5.91 Å². The summed E-state index contributed by atoms with van der Waals surface area (Å²) in [5.41, 5.74) is 1.06. The van der Waals surface area contributed by atoms with Crippen LogP contribution in [0, 0.1) is 11.8 Å². The molecule has 2 fully saturated rings. The van der Waals surface area contributed by atoms with E-state index in [0.29, 0.717) is 28.9 Å². The van der Waals surface area contributed by atoms with Crippen molar-refractivity contribution in [3.63, 3.8) is 0 Å². The topological polar surface area (TPSA) is 29.1 Å². The Morgan fingerprint density at radius 3 is 2.70 bits per heavy atom. The number of carbonyl (C=O) groups is 1. The van der Waals surface area contributed by atoms with E-state index in [1.165, 1.54) is 25.7 Å². The number of halogens is 2. The third-order valence-electron chi connectivity index (χ3n) is 4.71. The maximum absolute atomic E-state index is 12.0. The molecule has 2 aliphatic rings. The van der Waals surface area contributed by atoms with Crippen molar-refractivity contribution in [3.05, 3.63) is 33.8 Å². The summed E-state index contributed by atoms with van der Waals surface area (Å²) in [5.74, 6) is 1.75. The minimum atomic E-state index is 0.161. The normalized spacial score (nSPS) is 27.8. The Kier molecular flexibility index (Phi) is 4.23. The van der Waals surface area contributed by atoms with Crippen LogP contribution in [0.3, 0.4) is 0 Å². The third-order valence-corrected chi connectivity index (χ3v) is 5.45. The van der Waals surface area contributed by atoms with Gasteiger partial charge in [0.1, 0.15) is 0 Å². The maximum atomic E-state index is 12.0. The number of fused-ring (bicyclic) bond motifs is 2. The summed E-state index contributed by atoms with van der Waals surface area (Å²) >= 11 is 11.9. The minimum Gasteiger partial charge on any atom is -0.353 e. The standard InChI is InChI=1S/C16H19Cl2NO/c17-13-5-2-10(8-14(13)18)3-6-16(20)19-15-9-11-1-4-12(15)7-11/h2,5,8,11-12,15H,1,3-4,6-7,9H2,(H,19,20)/t11-,12-,15-/m0/s1. The van der Waals surface area contributed by atoms with Crippen LogP contribution in [0.1, 0.15) is 37.7 Å². The average molecular weight is 312 g/mol. The second-order valence-corrected chi connectivity index (χ2v) is 6.91. The maximum Gasteiger partial charge on any atom is 0.220 e. The molecule has 20 heavy (non-hydrogen) atoms. The summed E-state index contributed by atoms with van der Waals surface area (Å²) in [6.07, 6.45) is 6.39. The van der Waals surface area contributed by atoms with Gasteiger partial charge in [0.05, 0.1) is 10.0 Å². The van der Waals surface area contributed by atoms with E-state index in [0.717, 1.165) is 17.4 Å². The predicted molar refractivity (Wildman–Crippen MR) is 82.2 cm³/mol. The molecule has 2 aliphatic carbocycles. The molecule has 0 aromatic heterocycles. The molecule has 0 unspecified atom stereocenters. The van der Waals surface area contributed by atoms with Gasteiger partial charge in [-0.25, -0.2) is 0 Å². The molecule has 3 atom stereocenters. The van der Waals surface area contributed by atoms with Crippen molar-refractivity contribution in [2.75, 3.05) is 0 Å². The van der Waals surface area contributed by atoms with Crippen LogP contribution >= 0.6 is 23.2 Å². The number of amides is 1. The predicted octanol–water partition coefficient (Wildman–Crippen LogP) is 4.23. The Labute approximate surface area is 129 Å². The fraction of sp³-hybridized carbons (Fsp3) is 0.562. The zero-order chi connectivity index (χ0) is 14.1. The van der Waals surface area contributed by atoms with E-state index in [4.69, 9.17) is 23.2 Å². The van der Waals surface area contributed by atoms with Gasteiger partial charge in [-0.1, -0.05) is 35.7 Å². The molecule has 2 nitrogen and oxygen atoms in total. The first-order chi connectivity index (χ1) is 9.61. The summed E-state index contributed by atoms with van der Waals surface area (Å²) in [7, 11) is 0. The first-order valence-electron chi connectivity index (χ1n) is 7.35. The molecule has 0 saturated heterocycles. The van der Waals surface area contributed by atoms with Crippen LogP contribution in [-0.2, 0) is 11.2 Å². The SMILES string of the molecule is O=C(CCc1ccc(Cl)c(Cl)c1)N[C@H]1C[C@H]2CC[C@H]1C2. The van der Waals surface area contributed by atoms with Gasteiger partial charge in [-0.3, -0.25) is 4.79 Å². The first-order valence-corrected chi connectivity index (χ1v) is 8.10. The molecule has 2 saturated carbocycles. The lowest BCUT2D eigenvalue weighted by Crippen LogP contribution is -2.38. The molecule has 1 aromatic carbocycles. The average Bonchev–Trinajstić information content (AvgIpc) is 3.02. The van der Waals surface area contributed by atoms with E-state index in [9.17, 15) is 4.79 Å². The second-order valence-electron chi connectivity index (χ2n) is 6.10. The van der Waals surface area contributed by atoms with Gasteiger partial charge >= 0.3 is 0 Å². The molecule has 2 bridgehead atoms. The van der Waals surface area contributed by atoms with Gasteiger partial charge in [0.15, 0.2) is 0 Å². The van der Waals surface area contributed by atoms with E-state index in [1.54, 1.807) is 6.07 Å². The Bertz CT molecular complexity index is 517. The van der Waals surface area contributed by atoms with Crippen molar-refractivity contribution in [3.8, 4) is 0 Å². The Morgan fingerprint density at radius 2 is 2.05 bits per heavy atom. The van der Waals surface area contributed by atoms with Gasteiger partial charge in [0.2, 0.25) is 5.91 Å². The molecule has 1 amide bonds. The van der Waals surface area contributed by atoms with Crippen LogP contribution in [0.2, 0.25) is 10.0 Å². The van der Waals surface area contributed by atoms with Crippen LogP contribution in [0.4, 0.5) is 0 Å². The lowest BCUT2D eigenvalue weighted by molar-refractivity contribution is -0.122. The van der Waals surface area contributed by atoms with Crippen LogP contribution in [-0.4, -0.2) is 11.9 Å². The zero-order valence-electron chi connectivity index (χ0n) is 11.4. The summed E-state index contributed by atoms with van der Waals surface area (Å²) < 4.78 is 0. The van der Waals surface area contributed by atoms with E-state index < -0.39 is 0 Å². The van der Waals surface area contributed by atoms with Gasteiger partial charge < -0.3 is 5.32 Å². The Balaban J connectivity index is 1.48. The fourth-order valence-corrected chi connectivity index (χ4v) is 3.97. The molecule has 0 spiro atoms. The number of hydrogen-bond donors (Lipinski definition) is 1. The van der Waals surface area contributed by atoms with Crippen molar-refractivity contribution in [2.24, 2.45) is 11.8 Å². The first kappa shape index (κ1) is 14.2. The van der Waals surface area contributed by atoms with Crippen LogP contribution in [0.5, 0.6) is 0 Å². The smallest absolute Gasteiger partial charge is 0.220 e. The highest BCUT2D eigenvalue weighted by atomic mass is 35.5. The van der Waals surface area contributed by atoms with Crippen molar-refractivity contribution in [2.45, 2.75) is 44.6 Å². The minimum absolute atomic E-state index is 0.161. The molecule has 108 valence electrons. The number of rotatable bonds is 4. The molecule has 0 heterocycles. The molecule has 3 rings (SSSR count). The van der Waals surface area contributed by atoms with Crippen molar-refractivity contribution in [1.29, 1.82) is 0 Å². The van der Waals surface area contributed by atoms with E-state index in [1.807, 2.05) is 12.1 Å². The zero-order valence-corrected chi connectivity index (χ0v) is 12.9. The summed E-state index contributed by atoms with van der Waals surface area (Å²) in [4.78, 5) is 12.0. The van der Waals surface area contributed by atoms with Crippen molar-refractivity contribution >= 4 is 29.1 Å². The number of benzene rings is 1. The van der Waals surface area contributed by atoms with Gasteiger partial charge in [-0.15, -0.1) is 0 Å². The quantitative estimate of drug-likeness (QED) is 0.885. The number of aryl methyl sites for hydroxylation is 1. The van der Waals surface area contributed by atoms with Crippen LogP contribution < -0.4 is 5.32 Å². The summed E-state index contributed by atoms with van der Waals surface area (Å²) in [6, 6.07) is 5.98. The highest BCUT2D eigenvalue weighted by Crippen LogP contribution is 2.44. The summed E-state index contributed by atoms with van der Waals surface area (Å²) in [5, 5.41) is 4.32. The lowest BCUT2D eigenvalue weighted by Gasteiger charge is -2.22. The second kappa shape index (κ2) is 5.95. The van der Waals surface area contributed by atoms with Crippen molar-refractivity contribution < 1.29 is 4.79 Å². The lowest BCUT2D eigenvalue weighted by atomic mass is 9.95. The Morgan fingerprint density at radius 1 is 1.20 bits per heavy atom. The number of carbonyl (C=O) groups excluding carboxylic acids is 1.